The van der Waals surface area contributed by atoms with Crippen LogP contribution in [0.5, 0.6) is 23.0 Å². The van der Waals surface area contributed by atoms with Gasteiger partial charge in [-0.15, -0.1) is 12.4 Å². The monoisotopic (exact) mass is 423 g/mol. The molecule has 0 heterocycles. The van der Waals surface area contributed by atoms with Crippen molar-refractivity contribution in [3.05, 3.63) is 45.5 Å². The summed E-state index contributed by atoms with van der Waals surface area (Å²) in [5.41, 5.74) is 5.42. The number of aryl methyl sites for hydroxylation is 1. The summed E-state index contributed by atoms with van der Waals surface area (Å²) < 4.78 is 11.6. The number of ether oxygens (including phenoxy) is 2. The zero-order valence-corrected chi connectivity index (χ0v) is 19.3. The number of hydrogen-bond acceptors (Lipinski definition) is 5. The van der Waals surface area contributed by atoms with Gasteiger partial charge in [0.2, 0.25) is 0 Å². The van der Waals surface area contributed by atoms with Gasteiger partial charge in [0.25, 0.3) is 0 Å². The first kappa shape index (κ1) is 24.9. The predicted octanol–water partition coefficient (Wildman–Crippen LogP) is 5.05. The average Bonchev–Trinajstić information content (AvgIpc) is 2.66. The molecule has 162 valence electrons. The highest BCUT2D eigenvalue weighted by molar-refractivity contribution is 5.85. The quantitative estimate of drug-likeness (QED) is 0.518. The fourth-order valence-corrected chi connectivity index (χ4v) is 3.37. The van der Waals surface area contributed by atoms with E-state index in [-0.39, 0.29) is 18.3 Å². The van der Waals surface area contributed by atoms with Crippen molar-refractivity contribution in [3.63, 3.8) is 0 Å². The molecular formula is C23H34ClNO4. The van der Waals surface area contributed by atoms with Crippen molar-refractivity contribution >= 4 is 12.4 Å². The molecule has 2 aromatic carbocycles. The zero-order valence-electron chi connectivity index (χ0n) is 18.5. The van der Waals surface area contributed by atoms with Gasteiger partial charge in [0.15, 0.2) is 0 Å². The van der Waals surface area contributed by atoms with E-state index in [2.05, 4.69) is 19.2 Å². The SMILES string of the molecule is COc1c(C)c(C)c(O)c(C)c1CNCCOc1cc(C)c(O)cc1C(C)C.Cl. The summed E-state index contributed by atoms with van der Waals surface area (Å²) in [6, 6.07) is 3.67. The largest absolute Gasteiger partial charge is 0.508 e. The summed E-state index contributed by atoms with van der Waals surface area (Å²) >= 11 is 0. The number of hydrogen-bond donors (Lipinski definition) is 3. The Morgan fingerprint density at radius 2 is 1.66 bits per heavy atom. The molecule has 0 fully saturated rings. The third kappa shape index (κ3) is 5.49. The van der Waals surface area contributed by atoms with Crippen LogP contribution in [0.15, 0.2) is 12.1 Å². The average molecular weight is 424 g/mol. The highest BCUT2D eigenvalue weighted by atomic mass is 35.5. The molecule has 0 aliphatic carbocycles. The van der Waals surface area contributed by atoms with Gasteiger partial charge in [-0.3, -0.25) is 0 Å². The molecule has 0 aliphatic rings. The molecule has 2 rings (SSSR count). The minimum absolute atomic E-state index is 0. The van der Waals surface area contributed by atoms with E-state index in [9.17, 15) is 10.2 Å². The van der Waals surface area contributed by atoms with Gasteiger partial charge < -0.3 is 25.0 Å². The van der Waals surface area contributed by atoms with E-state index < -0.39 is 0 Å². The van der Waals surface area contributed by atoms with E-state index in [1.807, 2.05) is 33.8 Å². The lowest BCUT2D eigenvalue weighted by Gasteiger charge is -2.19. The summed E-state index contributed by atoms with van der Waals surface area (Å²) in [5.74, 6) is 2.51. The van der Waals surface area contributed by atoms with Gasteiger partial charge in [-0.25, -0.2) is 0 Å². The summed E-state index contributed by atoms with van der Waals surface area (Å²) in [7, 11) is 1.66. The van der Waals surface area contributed by atoms with E-state index in [0.717, 1.165) is 44.9 Å². The van der Waals surface area contributed by atoms with Gasteiger partial charge in [-0.1, -0.05) is 13.8 Å². The lowest BCUT2D eigenvalue weighted by atomic mass is 9.97. The summed E-state index contributed by atoms with van der Waals surface area (Å²) in [6.07, 6.45) is 0. The van der Waals surface area contributed by atoms with E-state index in [1.165, 1.54) is 0 Å². The van der Waals surface area contributed by atoms with Crippen LogP contribution in [0.4, 0.5) is 0 Å². The van der Waals surface area contributed by atoms with Gasteiger partial charge in [-0.2, -0.15) is 0 Å². The molecule has 3 N–H and O–H groups in total. The summed E-state index contributed by atoms with van der Waals surface area (Å²) in [5, 5.41) is 23.7. The molecule has 0 atom stereocenters. The highest BCUT2D eigenvalue weighted by Gasteiger charge is 2.17. The molecule has 0 aliphatic heterocycles. The van der Waals surface area contributed by atoms with Crippen LogP contribution in [0.25, 0.3) is 0 Å². The van der Waals surface area contributed by atoms with Crippen molar-refractivity contribution in [2.75, 3.05) is 20.3 Å². The van der Waals surface area contributed by atoms with E-state index in [0.29, 0.717) is 31.2 Å². The maximum atomic E-state index is 10.3. The van der Waals surface area contributed by atoms with Gasteiger partial charge in [0.1, 0.15) is 29.6 Å². The third-order valence-electron chi connectivity index (χ3n) is 5.33. The minimum Gasteiger partial charge on any atom is -0.508 e. The first-order valence-electron chi connectivity index (χ1n) is 9.71. The minimum atomic E-state index is 0. The van der Waals surface area contributed by atoms with Crippen molar-refractivity contribution in [2.24, 2.45) is 0 Å². The lowest BCUT2D eigenvalue weighted by Crippen LogP contribution is -2.22. The van der Waals surface area contributed by atoms with Gasteiger partial charge >= 0.3 is 0 Å². The number of phenolic OH excluding ortho intramolecular Hbond substituents is 2. The van der Waals surface area contributed by atoms with Crippen LogP contribution in [0.3, 0.4) is 0 Å². The normalized spacial score (nSPS) is 10.8. The Labute approximate surface area is 180 Å². The molecule has 2 aromatic rings. The lowest BCUT2D eigenvalue weighted by molar-refractivity contribution is 0.307. The highest BCUT2D eigenvalue weighted by Crippen LogP contribution is 2.37. The number of methoxy groups -OCH3 is 1. The first-order chi connectivity index (χ1) is 13.2. The number of nitrogens with one attached hydrogen (secondary N) is 1. The van der Waals surface area contributed by atoms with Crippen molar-refractivity contribution in [1.82, 2.24) is 5.32 Å². The number of phenols is 2. The van der Waals surface area contributed by atoms with Crippen LogP contribution in [0.2, 0.25) is 0 Å². The number of halogens is 1. The fourth-order valence-electron chi connectivity index (χ4n) is 3.37. The molecule has 6 heteroatoms. The third-order valence-corrected chi connectivity index (χ3v) is 5.33. The topological polar surface area (TPSA) is 71.0 Å². The molecule has 0 unspecified atom stereocenters. The second-order valence-electron chi connectivity index (χ2n) is 7.59. The van der Waals surface area contributed by atoms with Gasteiger partial charge in [0, 0.05) is 24.2 Å². The summed E-state index contributed by atoms with van der Waals surface area (Å²) in [4.78, 5) is 0. The Morgan fingerprint density at radius 3 is 2.24 bits per heavy atom. The number of rotatable bonds is 8. The molecular weight excluding hydrogens is 390 g/mol. The van der Waals surface area contributed by atoms with Crippen molar-refractivity contribution in [1.29, 1.82) is 0 Å². The summed E-state index contributed by atoms with van der Waals surface area (Å²) in [6.45, 7) is 13.5. The Morgan fingerprint density at radius 1 is 1.00 bits per heavy atom. The first-order valence-corrected chi connectivity index (χ1v) is 9.71. The second kappa shape index (κ2) is 10.6. The molecule has 0 amide bonds. The van der Waals surface area contributed by atoms with Crippen molar-refractivity contribution in [3.8, 4) is 23.0 Å². The van der Waals surface area contributed by atoms with Gasteiger partial charge in [-0.05, 0) is 68.0 Å². The Balaban J connectivity index is 0.00000420. The molecule has 29 heavy (non-hydrogen) atoms. The van der Waals surface area contributed by atoms with Crippen LogP contribution >= 0.6 is 12.4 Å². The molecule has 0 radical (unpaired) electrons. The predicted molar refractivity (Wildman–Crippen MR) is 120 cm³/mol. The molecule has 0 spiro atoms. The van der Waals surface area contributed by atoms with Gasteiger partial charge in [0.05, 0.1) is 7.11 Å². The smallest absolute Gasteiger partial charge is 0.127 e. The van der Waals surface area contributed by atoms with Crippen LogP contribution in [-0.4, -0.2) is 30.5 Å². The molecule has 0 saturated carbocycles. The maximum Gasteiger partial charge on any atom is 0.127 e. The zero-order chi connectivity index (χ0) is 21.0. The molecule has 0 saturated heterocycles. The van der Waals surface area contributed by atoms with Crippen LogP contribution in [0.1, 0.15) is 53.1 Å². The second-order valence-corrected chi connectivity index (χ2v) is 7.59. The van der Waals surface area contributed by atoms with Crippen LogP contribution in [-0.2, 0) is 6.54 Å². The molecule has 5 nitrogen and oxygen atoms in total. The van der Waals surface area contributed by atoms with E-state index in [4.69, 9.17) is 9.47 Å². The molecule has 0 bridgehead atoms. The molecule has 0 aromatic heterocycles. The number of aromatic hydroxyl groups is 2. The van der Waals surface area contributed by atoms with Crippen LogP contribution < -0.4 is 14.8 Å². The Kier molecular flexibility index (Phi) is 9.12. The number of benzene rings is 2. The maximum absolute atomic E-state index is 10.3. The van der Waals surface area contributed by atoms with Crippen molar-refractivity contribution in [2.45, 2.75) is 54.0 Å². The Bertz CT molecular complexity index is 850. The Hall–Kier alpha value is -2.11. The van der Waals surface area contributed by atoms with E-state index >= 15 is 0 Å². The fraction of sp³-hybridized carbons (Fsp3) is 0.478. The van der Waals surface area contributed by atoms with Crippen LogP contribution in [0, 0.1) is 27.7 Å². The van der Waals surface area contributed by atoms with Crippen molar-refractivity contribution < 1.29 is 19.7 Å². The standard InChI is InChI=1S/C23H33NO4.ClH/c1-13(2)18-11-20(25)14(3)10-21(18)28-9-8-24-12-19-17(6)22(26)15(4)16(5)23(19)27-7;/h10-11,13,24-26H,8-9,12H2,1-7H3;1H. The van der Waals surface area contributed by atoms with E-state index in [1.54, 1.807) is 13.2 Å².